The lowest BCUT2D eigenvalue weighted by Gasteiger charge is -2.10. The number of rotatable bonds is 5. The SMILES string of the molecule is CCCc1nc(NC)cc(Nc2ccc(Br)c(F)c2)n1. The summed E-state index contributed by atoms with van der Waals surface area (Å²) in [7, 11) is 1.81. The lowest BCUT2D eigenvalue weighted by atomic mass is 10.3. The number of nitrogens with zero attached hydrogens (tertiary/aromatic N) is 2. The zero-order valence-corrected chi connectivity index (χ0v) is 13.0. The first kappa shape index (κ1) is 14.7. The van der Waals surface area contributed by atoms with E-state index in [1.165, 1.54) is 6.07 Å². The summed E-state index contributed by atoms with van der Waals surface area (Å²) in [5.74, 6) is 1.84. The van der Waals surface area contributed by atoms with Crippen molar-refractivity contribution < 1.29 is 4.39 Å². The van der Waals surface area contributed by atoms with Gasteiger partial charge in [-0.15, -0.1) is 0 Å². The Balaban J connectivity index is 2.27. The highest BCUT2D eigenvalue weighted by atomic mass is 79.9. The number of halogens is 2. The molecule has 0 aliphatic rings. The number of hydrogen-bond acceptors (Lipinski definition) is 4. The topological polar surface area (TPSA) is 49.8 Å². The Kier molecular flexibility index (Phi) is 4.89. The van der Waals surface area contributed by atoms with Crippen molar-refractivity contribution in [3.05, 3.63) is 40.4 Å². The van der Waals surface area contributed by atoms with Gasteiger partial charge in [-0.2, -0.15) is 0 Å². The fourth-order valence-corrected chi connectivity index (χ4v) is 1.99. The molecule has 0 aliphatic carbocycles. The van der Waals surface area contributed by atoms with Crippen molar-refractivity contribution >= 4 is 33.3 Å². The van der Waals surface area contributed by atoms with Crippen LogP contribution in [0.3, 0.4) is 0 Å². The molecule has 0 saturated carbocycles. The van der Waals surface area contributed by atoms with Crippen LogP contribution in [0.1, 0.15) is 19.2 Å². The molecule has 0 fully saturated rings. The predicted molar refractivity (Wildman–Crippen MR) is 83.0 cm³/mol. The Hall–Kier alpha value is -1.69. The molecule has 1 aromatic carbocycles. The first-order valence-electron chi connectivity index (χ1n) is 6.40. The zero-order valence-electron chi connectivity index (χ0n) is 11.4. The Morgan fingerprint density at radius 2 is 1.95 bits per heavy atom. The number of aryl methyl sites for hydroxylation is 1. The van der Waals surface area contributed by atoms with Gasteiger partial charge in [0.25, 0.3) is 0 Å². The smallest absolute Gasteiger partial charge is 0.139 e. The van der Waals surface area contributed by atoms with Crippen LogP contribution in [-0.2, 0) is 6.42 Å². The second kappa shape index (κ2) is 6.65. The van der Waals surface area contributed by atoms with Crippen molar-refractivity contribution in [3.63, 3.8) is 0 Å². The Labute approximate surface area is 126 Å². The molecule has 0 bridgehead atoms. The summed E-state index contributed by atoms with van der Waals surface area (Å²) >= 11 is 3.13. The van der Waals surface area contributed by atoms with Crippen molar-refractivity contribution in [1.82, 2.24) is 9.97 Å². The largest absolute Gasteiger partial charge is 0.373 e. The Morgan fingerprint density at radius 3 is 2.60 bits per heavy atom. The molecule has 1 heterocycles. The first-order chi connectivity index (χ1) is 9.62. The molecule has 0 amide bonds. The van der Waals surface area contributed by atoms with E-state index in [9.17, 15) is 4.39 Å². The van der Waals surface area contributed by atoms with Crippen molar-refractivity contribution in [3.8, 4) is 0 Å². The molecular weight excluding hydrogens is 323 g/mol. The third kappa shape index (κ3) is 3.66. The Bertz CT molecular complexity index is 604. The van der Waals surface area contributed by atoms with Crippen LogP contribution in [0.25, 0.3) is 0 Å². The van der Waals surface area contributed by atoms with Crippen molar-refractivity contribution in [1.29, 1.82) is 0 Å². The van der Waals surface area contributed by atoms with E-state index in [-0.39, 0.29) is 5.82 Å². The summed E-state index contributed by atoms with van der Waals surface area (Å²) in [5.41, 5.74) is 0.647. The van der Waals surface area contributed by atoms with Crippen LogP contribution in [0.2, 0.25) is 0 Å². The maximum absolute atomic E-state index is 13.5. The van der Waals surface area contributed by atoms with E-state index >= 15 is 0 Å². The highest BCUT2D eigenvalue weighted by Crippen LogP contribution is 2.22. The van der Waals surface area contributed by atoms with Gasteiger partial charge in [0.1, 0.15) is 23.3 Å². The normalized spacial score (nSPS) is 10.4. The number of hydrogen-bond donors (Lipinski definition) is 2. The molecule has 20 heavy (non-hydrogen) atoms. The van der Waals surface area contributed by atoms with Gasteiger partial charge in [0.2, 0.25) is 0 Å². The lowest BCUT2D eigenvalue weighted by molar-refractivity contribution is 0.622. The zero-order chi connectivity index (χ0) is 14.5. The minimum atomic E-state index is -0.313. The molecule has 0 aliphatic heterocycles. The van der Waals surface area contributed by atoms with Gasteiger partial charge in [0.05, 0.1) is 4.47 Å². The van der Waals surface area contributed by atoms with E-state index in [1.54, 1.807) is 25.2 Å². The van der Waals surface area contributed by atoms with Crippen LogP contribution in [0, 0.1) is 5.82 Å². The summed E-state index contributed by atoms with van der Waals surface area (Å²) < 4.78 is 13.9. The number of anilines is 3. The minimum Gasteiger partial charge on any atom is -0.373 e. The van der Waals surface area contributed by atoms with E-state index in [0.717, 1.165) is 24.5 Å². The molecule has 6 heteroatoms. The molecule has 0 atom stereocenters. The summed E-state index contributed by atoms with van der Waals surface area (Å²) in [6, 6.07) is 6.66. The molecule has 2 N–H and O–H groups in total. The fraction of sp³-hybridized carbons (Fsp3) is 0.286. The lowest BCUT2D eigenvalue weighted by Crippen LogP contribution is -2.04. The number of benzene rings is 1. The van der Waals surface area contributed by atoms with Gasteiger partial charge >= 0.3 is 0 Å². The molecule has 0 unspecified atom stereocenters. The van der Waals surface area contributed by atoms with Crippen LogP contribution in [0.4, 0.5) is 21.7 Å². The maximum Gasteiger partial charge on any atom is 0.139 e. The van der Waals surface area contributed by atoms with E-state index < -0.39 is 0 Å². The van der Waals surface area contributed by atoms with Crippen LogP contribution < -0.4 is 10.6 Å². The molecule has 2 rings (SSSR count). The number of nitrogens with one attached hydrogen (secondary N) is 2. The van der Waals surface area contributed by atoms with E-state index in [4.69, 9.17) is 0 Å². The third-order valence-corrected chi connectivity index (χ3v) is 3.34. The quantitative estimate of drug-likeness (QED) is 0.861. The molecule has 4 nitrogen and oxygen atoms in total. The minimum absolute atomic E-state index is 0.313. The van der Waals surface area contributed by atoms with E-state index in [0.29, 0.717) is 16.0 Å². The number of aromatic nitrogens is 2. The monoisotopic (exact) mass is 338 g/mol. The van der Waals surface area contributed by atoms with Gasteiger partial charge in [-0.05, 0) is 40.5 Å². The van der Waals surface area contributed by atoms with Crippen LogP contribution in [0.15, 0.2) is 28.7 Å². The van der Waals surface area contributed by atoms with Gasteiger partial charge in [-0.3, -0.25) is 0 Å². The van der Waals surface area contributed by atoms with Crippen molar-refractivity contribution in [2.75, 3.05) is 17.7 Å². The molecule has 106 valence electrons. The van der Waals surface area contributed by atoms with Gasteiger partial charge < -0.3 is 10.6 Å². The third-order valence-electron chi connectivity index (χ3n) is 2.69. The Morgan fingerprint density at radius 1 is 1.20 bits per heavy atom. The first-order valence-corrected chi connectivity index (χ1v) is 7.19. The molecule has 0 spiro atoms. The maximum atomic E-state index is 13.5. The summed E-state index contributed by atoms with van der Waals surface area (Å²) in [5, 5.41) is 6.09. The van der Waals surface area contributed by atoms with Crippen LogP contribution in [-0.4, -0.2) is 17.0 Å². The second-order valence-electron chi connectivity index (χ2n) is 4.31. The van der Waals surface area contributed by atoms with Gasteiger partial charge in [0, 0.05) is 25.2 Å². The highest BCUT2D eigenvalue weighted by molar-refractivity contribution is 9.10. The van der Waals surface area contributed by atoms with Gasteiger partial charge in [0.15, 0.2) is 0 Å². The van der Waals surface area contributed by atoms with Crippen molar-refractivity contribution in [2.24, 2.45) is 0 Å². The molecule has 2 aromatic rings. The molecule has 0 saturated heterocycles. The van der Waals surface area contributed by atoms with E-state index in [1.807, 2.05) is 0 Å². The highest BCUT2D eigenvalue weighted by Gasteiger charge is 2.05. The van der Waals surface area contributed by atoms with Gasteiger partial charge in [-0.1, -0.05) is 6.92 Å². The second-order valence-corrected chi connectivity index (χ2v) is 5.16. The van der Waals surface area contributed by atoms with Gasteiger partial charge in [-0.25, -0.2) is 14.4 Å². The predicted octanol–water partition coefficient (Wildman–Crippen LogP) is 4.12. The van der Waals surface area contributed by atoms with E-state index in [2.05, 4.69) is 43.5 Å². The van der Waals surface area contributed by atoms with Crippen molar-refractivity contribution in [2.45, 2.75) is 19.8 Å². The average molecular weight is 339 g/mol. The average Bonchev–Trinajstić information content (AvgIpc) is 2.43. The summed E-state index contributed by atoms with van der Waals surface area (Å²) in [4.78, 5) is 8.79. The van der Waals surface area contributed by atoms with Crippen LogP contribution >= 0.6 is 15.9 Å². The molecule has 1 aromatic heterocycles. The summed E-state index contributed by atoms with van der Waals surface area (Å²) in [6.07, 6.45) is 1.78. The summed E-state index contributed by atoms with van der Waals surface area (Å²) in [6.45, 7) is 2.08. The standard InChI is InChI=1S/C14H16BrFN4/c1-3-4-12-19-13(17-2)8-14(20-12)18-9-5-6-10(15)11(16)7-9/h5-8H,3-4H2,1-2H3,(H2,17,18,19,20). The van der Waals surface area contributed by atoms with Crippen LogP contribution in [0.5, 0.6) is 0 Å². The molecule has 0 radical (unpaired) electrons. The molecular formula is C14H16BrFN4. The fourth-order valence-electron chi connectivity index (χ4n) is 1.75.